The van der Waals surface area contributed by atoms with Crippen LogP contribution in [0.4, 0.5) is 5.69 Å². The Morgan fingerprint density at radius 1 is 1.28 bits per heavy atom. The van der Waals surface area contributed by atoms with Crippen LogP contribution in [0.2, 0.25) is 5.02 Å². The number of amides is 1. The summed E-state index contributed by atoms with van der Waals surface area (Å²) in [5.41, 5.74) is 1.21. The van der Waals surface area contributed by atoms with Crippen molar-refractivity contribution < 1.29 is 28.8 Å². The van der Waals surface area contributed by atoms with Gasteiger partial charge in [0.2, 0.25) is 0 Å². The van der Waals surface area contributed by atoms with Gasteiger partial charge < -0.3 is 24.7 Å². The van der Waals surface area contributed by atoms with Crippen molar-refractivity contribution in [3.05, 3.63) is 28.9 Å². The Labute approximate surface area is 173 Å². The van der Waals surface area contributed by atoms with Gasteiger partial charge >= 0.3 is 11.9 Å². The Bertz CT molecular complexity index is 918. The molecule has 3 rings (SSSR count). The summed E-state index contributed by atoms with van der Waals surface area (Å²) in [7, 11) is 1.28. The largest absolute Gasteiger partial charge is 0.466 e. The van der Waals surface area contributed by atoms with Gasteiger partial charge in [-0.05, 0) is 25.1 Å². The lowest BCUT2D eigenvalue weighted by Crippen LogP contribution is -3.14. The van der Waals surface area contributed by atoms with Crippen LogP contribution in [-0.4, -0.2) is 56.2 Å². The first kappa shape index (κ1) is 21.1. The number of rotatable bonds is 6. The maximum absolute atomic E-state index is 12.7. The number of hydrogen-bond donors (Lipinski definition) is 3. The number of anilines is 1. The van der Waals surface area contributed by atoms with E-state index < -0.39 is 5.97 Å². The number of H-pyrrole nitrogens is 1. The summed E-state index contributed by atoms with van der Waals surface area (Å²) in [5, 5.41) is 3.97. The number of halogens is 1. The maximum Gasteiger partial charge on any atom is 0.356 e. The van der Waals surface area contributed by atoms with Crippen molar-refractivity contribution in [3.63, 3.8) is 0 Å². The van der Waals surface area contributed by atoms with Crippen molar-refractivity contribution in [2.24, 2.45) is 5.92 Å². The van der Waals surface area contributed by atoms with E-state index in [9.17, 15) is 14.4 Å². The number of fused-ring (bicyclic) bond motifs is 1. The summed E-state index contributed by atoms with van der Waals surface area (Å²) < 4.78 is 9.90. The van der Waals surface area contributed by atoms with Gasteiger partial charge in [-0.15, -0.1) is 0 Å². The summed E-state index contributed by atoms with van der Waals surface area (Å²) in [4.78, 5) is 40.7. The van der Waals surface area contributed by atoms with Gasteiger partial charge in [0, 0.05) is 28.8 Å². The summed E-state index contributed by atoms with van der Waals surface area (Å²) in [6.45, 7) is 3.83. The lowest BCUT2D eigenvalue weighted by atomic mass is 9.97. The highest BCUT2D eigenvalue weighted by Gasteiger charge is 2.30. The van der Waals surface area contributed by atoms with E-state index in [0.717, 1.165) is 4.90 Å². The molecule has 1 amide bonds. The van der Waals surface area contributed by atoms with Crippen LogP contribution in [-0.2, 0) is 19.1 Å². The Hall–Kier alpha value is -2.58. The molecule has 0 aliphatic carbocycles. The van der Waals surface area contributed by atoms with E-state index in [4.69, 9.17) is 21.1 Å². The van der Waals surface area contributed by atoms with Crippen molar-refractivity contribution >= 4 is 46.0 Å². The van der Waals surface area contributed by atoms with Crippen LogP contribution >= 0.6 is 11.6 Å². The van der Waals surface area contributed by atoms with E-state index in [-0.39, 0.29) is 30.0 Å². The monoisotopic (exact) mass is 422 g/mol. The molecule has 0 unspecified atom stereocenters. The maximum atomic E-state index is 12.7. The Kier molecular flexibility index (Phi) is 6.76. The van der Waals surface area contributed by atoms with Crippen LogP contribution in [0.15, 0.2) is 18.2 Å². The summed E-state index contributed by atoms with van der Waals surface area (Å²) >= 11 is 6.08. The van der Waals surface area contributed by atoms with E-state index in [1.807, 2.05) is 0 Å². The molecule has 0 spiro atoms. The van der Waals surface area contributed by atoms with Crippen LogP contribution < -0.4 is 10.2 Å². The highest BCUT2D eigenvalue weighted by Crippen LogP contribution is 2.30. The predicted molar refractivity (Wildman–Crippen MR) is 108 cm³/mol. The second-order valence-corrected chi connectivity index (χ2v) is 7.49. The average molecular weight is 423 g/mol. The first-order valence-electron chi connectivity index (χ1n) is 9.62. The van der Waals surface area contributed by atoms with Gasteiger partial charge in [-0.3, -0.25) is 9.59 Å². The smallest absolute Gasteiger partial charge is 0.356 e. The molecule has 9 heteroatoms. The number of benzene rings is 1. The quantitative estimate of drug-likeness (QED) is 0.611. The van der Waals surface area contributed by atoms with E-state index in [2.05, 4.69) is 10.3 Å². The van der Waals surface area contributed by atoms with Crippen LogP contribution in [0.25, 0.3) is 10.9 Å². The summed E-state index contributed by atoms with van der Waals surface area (Å²) in [6.07, 6.45) is 1.38. The van der Waals surface area contributed by atoms with Gasteiger partial charge in [-0.25, -0.2) is 4.79 Å². The van der Waals surface area contributed by atoms with Crippen molar-refractivity contribution in [1.82, 2.24) is 4.98 Å². The molecule has 1 aliphatic heterocycles. The minimum absolute atomic E-state index is 0.0940. The van der Waals surface area contributed by atoms with Crippen LogP contribution in [0.3, 0.4) is 0 Å². The zero-order valence-corrected chi connectivity index (χ0v) is 17.2. The molecule has 8 nitrogen and oxygen atoms in total. The number of ether oxygens (including phenoxy) is 2. The SMILES string of the molecule is CCOC(=O)C1CC[NH+](CC(=O)Nc2c(C(=O)OC)[nH]c3ccc(Cl)cc23)CC1. The molecule has 2 aromatic rings. The van der Waals surface area contributed by atoms with Gasteiger partial charge in [0.1, 0.15) is 5.69 Å². The molecule has 0 bridgehead atoms. The standard InChI is InChI=1S/C20H24ClN3O5/c1-3-29-19(26)12-6-8-24(9-7-12)11-16(25)23-17-14-10-13(21)4-5-15(14)22-18(17)20(27)28-2/h4-5,10,12,22H,3,6-9,11H2,1-2H3,(H,23,25)/p+1. The number of esters is 2. The second kappa shape index (κ2) is 9.28. The molecular weight excluding hydrogens is 398 g/mol. The molecule has 1 aromatic heterocycles. The lowest BCUT2D eigenvalue weighted by Gasteiger charge is -2.27. The molecule has 29 heavy (non-hydrogen) atoms. The highest BCUT2D eigenvalue weighted by atomic mass is 35.5. The average Bonchev–Trinajstić information content (AvgIpc) is 3.05. The first-order valence-corrected chi connectivity index (χ1v) is 10.00. The predicted octanol–water partition coefficient (Wildman–Crippen LogP) is 1.40. The fourth-order valence-electron chi connectivity index (χ4n) is 3.66. The van der Waals surface area contributed by atoms with E-state index in [0.29, 0.717) is 54.2 Å². The van der Waals surface area contributed by atoms with Crippen LogP contribution in [0.1, 0.15) is 30.3 Å². The fourth-order valence-corrected chi connectivity index (χ4v) is 3.83. The minimum atomic E-state index is -0.574. The molecule has 1 aliphatic rings. The molecule has 2 heterocycles. The second-order valence-electron chi connectivity index (χ2n) is 7.06. The third kappa shape index (κ3) is 4.89. The van der Waals surface area contributed by atoms with Crippen molar-refractivity contribution in [1.29, 1.82) is 0 Å². The van der Waals surface area contributed by atoms with Gasteiger partial charge in [-0.2, -0.15) is 0 Å². The molecule has 0 saturated carbocycles. The molecule has 0 atom stereocenters. The summed E-state index contributed by atoms with van der Waals surface area (Å²) in [5.74, 6) is -1.05. The molecule has 1 aromatic carbocycles. The minimum Gasteiger partial charge on any atom is -0.466 e. The molecule has 3 N–H and O–H groups in total. The fraction of sp³-hybridized carbons (Fsp3) is 0.450. The Morgan fingerprint density at radius 2 is 2.00 bits per heavy atom. The van der Waals surface area contributed by atoms with Gasteiger partial charge in [0.15, 0.2) is 6.54 Å². The normalized spacial score (nSPS) is 19.0. The number of likely N-dealkylation sites (tertiary alicyclic amines) is 1. The molecule has 1 fully saturated rings. The number of carbonyl (C=O) groups is 3. The Morgan fingerprint density at radius 3 is 2.66 bits per heavy atom. The molecule has 156 valence electrons. The third-order valence-corrected chi connectivity index (χ3v) is 5.37. The lowest BCUT2D eigenvalue weighted by molar-refractivity contribution is -0.897. The third-order valence-electron chi connectivity index (χ3n) is 5.14. The van der Waals surface area contributed by atoms with Gasteiger partial charge in [0.05, 0.1) is 38.4 Å². The zero-order chi connectivity index (χ0) is 21.0. The number of aromatic nitrogens is 1. The number of nitrogens with one attached hydrogen (secondary N) is 3. The highest BCUT2D eigenvalue weighted by molar-refractivity contribution is 6.31. The van der Waals surface area contributed by atoms with Crippen molar-refractivity contribution in [2.45, 2.75) is 19.8 Å². The van der Waals surface area contributed by atoms with Gasteiger partial charge in [-0.1, -0.05) is 11.6 Å². The zero-order valence-electron chi connectivity index (χ0n) is 16.5. The molecule has 1 saturated heterocycles. The van der Waals surface area contributed by atoms with Crippen molar-refractivity contribution in [3.8, 4) is 0 Å². The van der Waals surface area contributed by atoms with E-state index >= 15 is 0 Å². The summed E-state index contributed by atoms with van der Waals surface area (Å²) in [6, 6.07) is 5.13. The number of quaternary nitrogens is 1. The van der Waals surface area contributed by atoms with Crippen LogP contribution in [0.5, 0.6) is 0 Å². The topological polar surface area (TPSA) is 102 Å². The number of hydrogen-bond acceptors (Lipinski definition) is 5. The first-order chi connectivity index (χ1) is 13.9. The number of methoxy groups -OCH3 is 1. The number of carbonyl (C=O) groups excluding carboxylic acids is 3. The molecule has 0 radical (unpaired) electrons. The van der Waals surface area contributed by atoms with E-state index in [1.54, 1.807) is 25.1 Å². The Balaban J connectivity index is 1.68. The van der Waals surface area contributed by atoms with Gasteiger partial charge in [0.25, 0.3) is 5.91 Å². The van der Waals surface area contributed by atoms with Crippen LogP contribution in [0, 0.1) is 5.92 Å². The molecular formula is C20H25ClN3O5+. The van der Waals surface area contributed by atoms with Crippen molar-refractivity contribution in [2.75, 3.05) is 38.7 Å². The van der Waals surface area contributed by atoms with E-state index in [1.165, 1.54) is 7.11 Å². The number of aromatic amines is 1. The number of piperidine rings is 1.